The summed E-state index contributed by atoms with van der Waals surface area (Å²) in [7, 11) is 1.39. The molecule has 1 N–H and O–H groups in total. The minimum atomic E-state index is -1.13. The molecule has 0 aromatic heterocycles. The Morgan fingerprint density at radius 2 is 2.18 bits per heavy atom. The molecule has 0 unspecified atom stereocenters. The maximum Gasteiger partial charge on any atom is 0.328 e. The highest BCUT2D eigenvalue weighted by molar-refractivity contribution is 5.89. The number of carbonyl (C=O) groups is 2. The van der Waals surface area contributed by atoms with Crippen molar-refractivity contribution in [1.82, 2.24) is 0 Å². The molecular formula is C12H9NO4. The van der Waals surface area contributed by atoms with Crippen LogP contribution in [0.15, 0.2) is 18.2 Å². The number of hydrogen-bond acceptors (Lipinski definition) is 4. The second-order valence-electron chi connectivity index (χ2n) is 3.08. The Morgan fingerprint density at radius 3 is 2.65 bits per heavy atom. The lowest BCUT2D eigenvalue weighted by Crippen LogP contribution is -1.95. The Morgan fingerprint density at radius 1 is 1.47 bits per heavy atom. The van der Waals surface area contributed by atoms with E-state index in [1.54, 1.807) is 0 Å². The van der Waals surface area contributed by atoms with Gasteiger partial charge in [-0.25, -0.2) is 4.79 Å². The largest absolute Gasteiger partial charge is 0.495 e. The minimum absolute atomic E-state index is 0.239. The Balaban J connectivity index is 3.34. The summed E-state index contributed by atoms with van der Waals surface area (Å²) in [5.74, 6) is -0.849. The molecule has 5 nitrogen and oxygen atoms in total. The van der Waals surface area contributed by atoms with Crippen LogP contribution >= 0.6 is 0 Å². The maximum absolute atomic E-state index is 10.8. The zero-order chi connectivity index (χ0) is 12.8. The van der Waals surface area contributed by atoms with Crippen LogP contribution in [-0.2, 0) is 4.79 Å². The van der Waals surface area contributed by atoms with Gasteiger partial charge in [0.2, 0.25) is 0 Å². The van der Waals surface area contributed by atoms with Crippen molar-refractivity contribution in [2.45, 2.75) is 0 Å². The molecule has 0 aliphatic rings. The first-order valence-electron chi connectivity index (χ1n) is 4.60. The van der Waals surface area contributed by atoms with Gasteiger partial charge in [-0.1, -0.05) is 0 Å². The number of hydrogen-bond donors (Lipinski definition) is 1. The molecule has 5 heteroatoms. The van der Waals surface area contributed by atoms with Gasteiger partial charge in [0.1, 0.15) is 11.8 Å². The summed E-state index contributed by atoms with van der Waals surface area (Å²) in [6.07, 6.45) is 2.73. The summed E-state index contributed by atoms with van der Waals surface area (Å²) in [4.78, 5) is 21.2. The number of methoxy groups -OCH3 is 1. The van der Waals surface area contributed by atoms with E-state index in [1.807, 2.05) is 6.07 Å². The van der Waals surface area contributed by atoms with Crippen LogP contribution in [0.25, 0.3) is 6.08 Å². The van der Waals surface area contributed by atoms with Crippen molar-refractivity contribution >= 4 is 18.3 Å². The second-order valence-corrected chi connectivity index (χ2v) is 3.08. The topological polar surface area (TPSA) is 87.4 Å². The Labute approximate surface area is 97.6 Å². The minimum Gasteiger partial charge on any atom is -0.495 e. The van der Waals surface area contributed by atoms with Gasteiger partial charge in [-0.05, 0) is 23.8 Å². The summed E-state index contributed by atoms with van der Waals surface area (Å²) in [5.41, 5.74) is 0.862. The highest BCUT2D eigenvalue weighted by atomic mass is 16.5. The van der Waals surface area contributed by atoms with E-state index >= 15 is 0 Å². The number of benzene rings is 1. The van der Waals surface area contributed by atoms with Crippen LogP contribution in [0.2, 0.25) is 0 Å². The monoisotopic (exact) mass is 231 g/mol. The molecule has 86 valence electrons. The highest BCUT2D eigenvalue weighted by Gasteiger charge is 2.08. The predicted octanol–water partition coefficient (Wildman–Crippen LogP) is 1.48. The Hall–Kier alpha value is -2.61. The normalized spacial score (nSPS) is 9.88. The highest BCUT2D eigenvalue weighted by Crippen LogP contribution is 2.23. The molecule has 1 aromatic rings. The average Bonchev–Trinajstić information content (AvgIpc) is 2.34. The van der Waals surface area contributed by atoms with Gasteiger partial charge in [-0.3, -0.25) is 4.79 Å². The van der Waals surface area contributed by atoms with E-state index in [2.05, 4.69) is 0 Å². The van der Waals surface area contributed by atoms with Crippen LogP contribution in [0.4, 0.5) is 0 Å². The Bertz CT molecular complexity index is 526. The van der Waals surface area contributed by atoms with Crippen molar-refractivity contribution in [3.8, 4) is 11.8 Å². The SMILES string of the molecule is COc1cc(C=O)c(/C=C/C(=O)O)cc1C#N. The molecule has 0 saturated heterocycles. The summed E-state index contributed by atoms with van der Waals surface area (Å²) < 4.78 is 4.94. The number of nitriles is 1. The number of nitrogens with zero attached hydrogens (tertiary/aromatic N) is 1. The molecular weight excluding hydrogens is 222 g/mol. The van der Waals surface area contributed by atoms with Crippen LogP contribution in [0, 0.1) is 11.3 Å². The van der Waals surface area contributed by atoms with E-state index in [0.717, 1.165) is 6.08 Å². The summed E-state index contributed by atoms with van der Waals surface area (Å²) in [6.45, 7) is 0. The van der Waals surface area contributed by atoms with E-state index < -0.39 is 5.97 Å². The number of ether oxygens (including phenoxy) is 1. The van der Waals surface area contributed by atoms with E-state index in [0.29, 0.717) is 11.8 Å². The first-order chi connectivity index (χ1) is 8.12. The molecule has 1 aromatic carbocycles. The fourth-order valence-corrected chi connectivity index (χ4v) is 1.28. The van der Waals surface area contributed by atoms with Crippen molar-refractivity contribution in [2.24, 2.45) is 0 Å². The lowest BCUT2D eigenvalue weighted by Gasteiger charge is -2.06. The predicted molar refractivity (Wildman–Crippen MR) is 59.8 cm³/mol. The molecule has 1 rings (SSSR count). The van der Waals surface area contributed by atoms with E-state index in [-0.39, 0.29) is 16.9 Å². The van der Waals surface area contributed by atoms with Crippen LogP contribution < -0.4 is 4.74 Å². The van der Waals surface area contributed by atoms with Gasteiger partial charge in [0.25, 0.3) is 0 Å². The molecule has 0 atom stereocenters. The van der Waals surface area contributed by atoms with Gasteiger partial charge >= 0.3 is 5.97 Å². The van der Waals surface area contributed by atoms with Crippen LogP contribution in [-0.4, -0.2) is 24.5 Å². The second kappa shape index (κ2) is 5.47. The number of carbonyl (C=O) groups excluding carboxylic acids is 1. The van der Waals surface area contributed by atoms with E-state index in [4.69, 9.17) is 15.1 Å². The number of rotatable bonds is 4. The third-order valence-electron chi connectivity index (χ3n) is 2.06. The van der Waals surface area contributed by atoms with Crippen molar-refractivity contribution in [2.75, 3.05) is 7.11 Å². The quantitative estimate of drug-likeness (QED) is 0.626. The summed E-state index contributed by atoms with van der Waals surface area (Å²) in [6, 6.07) is 4.70. The number of carboxylic acid groups (broad SMARTS) is 1. The maximum atomic E-state index is 10.8. The van der Waals surface area contributed by atoms with E-state index in [1.165, 1.54) is 25.3 Å². The zero-order valence-electron chi connectivity index (χ0n) is 9.01. The smallest absolute Gasteiger partial charge is 0.328 e. The lowest BCUT2D eigenvalue weighted by molar-refractivity contribution is -0.131. The number of carboxylic acids is 1. The summed E-state index contributed by atoms with van der Waals surface area (Å²) >= 11 is 0. The first-order valence-corrected chi connectivity index (χ1v) is 4.60. The summed E-state index contributed by atoms with van der Waals surface area (Å²) in [5, 5.41) is 17.4. The third kappa shape index (κ3) is 2.92. The zero-order valence-corrected chi connectivity index (χ0v) is 9.01. The first kappa shape index (κ1) is 12.5. The van der Waals surface area contributed by atoms with Gasteiger partial charge in [0.15, 0.2) is 6.29 Å². The molecule has 0 radical (unpaired) electrons. The van der Waals surface area contributed by atoms with Gasteiger partial charge in [-0.15, -0.1) is 0 Å². The van der Waals surface area contributed by atoms with Crippen LogP contribution in [0.3, 0.4) is 0 Å². The van der Waals surface area contributed by atoms with Crippen molar-refractivity contribution in [3.05, 3.63) is 34.9 Å². The molecule has 0 heterocycles. The molecule has 0 aliphatic heterocycles. The Kier molecular flexibility index (Phi) is 4.01. The number of aldehydes is 1. The fraction of sp³-hybridized carbons (Fsp3) is 0.0833. The van der Waals surface area contributed by atoms with Crippen LogP contribution in [0.5, 0.6) is 5.75 Å². The van der Waals surface area contributed by atoms with Crippen molar-refractivity contribution in [3.63, 3.8) is 0 Å². The van der Waals surface area contributed by atoms with Gasteiger partial charge in [0.05, 0.1) is 12.7 Å². The average molecular weight is 231 g/mol. The molecule has 0 fully saturated rings. The third-order valence-corrected chi connectivity index (χ3v) is 2.06. The van der Waals surface area contributed by atoms with E-state index in [9.17, 15) is 9.59 Å². The van der Waals surface area contributed by atoms with Gasteiger partial charge < -0.3 is 9.84 Å². The standard InChI is InChI=1S/C12H9NO4/c1-17-11-5-10(7-14)8(2-3-12(15)16)4-9(11)6-13/h2-5,7H,1H3,(H,15,16)/b3-2+. The molecule has 0 amide bonds. The van der Waals surface area contributed by atoms with Gasteiger partial charge in [-0.2, -0.15) is 5.26 Å². The fourth-order valence-electron chi connectivity index (χ4n) is 1.28. The molecule has 0 saturated carbocycles. The lowest BCUT2D eigenvalue weighted by atomic mass is 10.0. The molecule has 0 spiro atoms. The van der Waals surface area contributed by atoms with Gasteiger partial charge in [0, 0.05) is 11.6 Å². The van der Waals surface area contributed by atoms with Crippen molar-refractivity contribution in [1.29, 1.82) is 5.26 Å². The molecule has 0 bridgehead atoms. The molecule has 17 heavy (non-hydrogen) atoms. The number of aliphatic carboxylic acids is 1. The molecule has 0 aliphatic carbocycles. The van der Waals surface area contributed by atoms with Crippen molar-refractivity contribution < 1.29 is 19.4 Å². The van der Waals surface area contributed by atoms with Crippen LogP contribution in [0.1, 0.15) is 21.5 Å².